The van der Waals surface area contributed by atoms with Gasteiger partial charge in [0.15, 0.2) is 0 Å². The van der Waals surface area contributed by atoms with Crippen LogP contribution in [0, 0.1) is 6.92 Å². The van der Waals surface area contributed by atoms with Crippen LogP contribution in [0.1, 0.15) is 24.5 Å². The Bertz CT molecular complexity index is 502. The molecule has 1 aliphatic heterocycles. The van der Waals surface area contributed by atoms with E-state index in [9.17, 15) is 9.59 Å². The molecule has 0 bridgehead atoms. The maximum atomic E-state index is 11.5. The fourth-order valence-electron chi connectivity index (χ4n) is 1.82. The van der Waals surface area contributed by atoms with Crippen molar-refractivity contribution in [3.05, 3.63) is 41.2 Å². The fraction of sp³-hybridized carbons (Fsp3) is 0.286. The van der Waals surface area contributed by atoms with Crippen molar-refractivity contribution in [3.63, 3.8) is 0 Å². The molecule has 1 atom stereocenters. The number of rotatable bonds is 2. The van der Waals surface area contributed by atoms with E-state index >= 15 is 0 Å². The number of aryl methyl sites for hydroxylation is 1. The van der Waals surface area contributed by atoms with Gasteiger partial charge in [0.1, 0.15) is 11.8 Å². The third-order valence-electron chi connectivity index (χ3n) is 2.70. The second kappa shape index (κ2) is 5.04. The quantitative estimate of drug-likeness (QED) is 0.808. The highest BCUT2D eigenvalue weighted by atomic mass is 16.5. The summed E-state index contributed by atoms with van der Waals surface area (Å²) in [4.78, 5) is 22.4. The lowest BCUT2D eigenvalue weighted by Gasteiger charge is -2.03. The third kappa shape index (κ3) is 2.97. The third-order valence-corrected chi connectivity index (χ3v) is 2.70. The summed E-state index contributed by atoms with van der Waals surface area (Å²) in [5, 5.41) is 2.56. The van der Waals surface area contributed by atoms with Gasteiger partial charge in [0.25, 0.3) is 0 Å². The molecule has 1 fully saturated rings. The molecule has 0 radical (unpaired) electrons. The first kappa shape index (κ1) is 12.4. The number of benzene rings is 1. The molecule has 1 aromatic rings. The van der Waals surface area contributed by atoms with Crippen LogP contribution in [0.5, 0.6) is 0 Å². The van der Waals surface area contributed by atoms with Gasteiger partial charge >= 0.3 is 5.97 Å². The van der Waals surface area contributed by atoms with Gasteiger partial charge in [0.05, 0.1) is 0 Å². The first-order valence-corrected chi connectivity index (χ1v) is 5.80. The van der Waals surface area contributed by atoms with Crippen LogP contribution < -0.4 is 5.32 Å². The molecule has 94 valence electrons. The van der Waals surface area contributed by atoms with Crippen molar-refractivity contribution in [2.45, 2.75) is 26.3 Å². The maximum Gasteiger partial charge on any atom is 0.334 e. The van der Waals surface area contributed by atoms with Crippen LogP contribution in [0.2, 0.25) is 0 Å². The average Bonchev–Trinajstić information content (AvgIpc) is 2.62. The van der Waals surface area contributed by atoms with Crippen LogP contribution in [0.3, 0.4) is 0 Å². The number of carbonyl (C=O) groups excluding carboxylic acids is 2. The Labute approximate surface area is 106 Å². The number of amides is 1. The molecule has 1 aromatic carbocycles. The van der Waals surface area contributed by atoms with Gasteiger partial charge < -0.3 is 10.1 Å². The average molecular weight is 245 g/mol. The van der Waals surface area contributed by atoms with E-state index in [0.29, 0.717) is 12.2 Å². The lowest BCUT2D eigenvalue weighted by atomic mass is 10.1. The Kier molecular flexibility index (Phi) is 3.46. The maximum absolute atomic E-state index is 11.5. The topological polar surface area (TPSA) is 55.4 Å². The number of nitrogens with one attached hydrogen (secondary N) is 1. The van der Waals surface area contributed by atoms with Gasteiger partial charge in [-0.1, -0.05) is 29.8 Å². The predicted octanol–water partition coefficient (Wildman–Crippen LogP) is 1.79. The Morgan fingerprint density at radius 2 is 2.06 bits per heavy atom. The Balaban J connectivity index is 2.09. The molecule has 1 aliphatic rings. The SMILES string of the molecule is CC(=O)NC1C/C(=C/c2ccc(C)cc2)OC1=O. The van der Waals surface area contributed by atoms with Gasteiger partial charge in [-0.3, -0.25) is 4.79 Å². The molecule has 1 heterocycles. The summed E-state index contributed by atoms with van der Waals surface area (Å²) in [6.45, 7) is 3.40. The molecule has 2 rings (SSSR count). The highest BCUT2D eigenvalue weighted by molar-refractivity contribution is 5.86. The van der Waals surface area contributed by atoms with Crippen LogP contribution in [0.4, 0.5) is 0 Å². The Hall–Kier alpha value is -2.10. The van der Waals surface area contributed by atoms with Crippen molar-refractivity contribution < 1.29 is 14.3 Å². The van der Waals surface area contributed by atoms with Crippen LogP contribution in [-0.2, 0) is 14.3 Å². The highest BCUT2D eigenvalue weighted by Gasteiger charge is 2.31. The van der Waals surface area contributed by atoms with Crippen molar-refractivity contribution >= 4 is 18.0 Å². The number of hydrogen-bond acceptors (Lipinski definition) is 3. The predicted molar refractivity (Wildman–Crippen MR) is 67.5 cm³/mol. The van der Waals surface area contributed by atoms with E-state index in [4.69, 9.17) is 4.74 Å². The molecule has 1 saturated heterocycles. The summed E-state index contributed by atoms with van der Waals surface area (Å²) in [5.41, 5.74) is 2.16. The summed E-state index contributed by atoms with van der Waals surface area (Å²) in [6, 6.07) is 7.35. The minimum atomic E-state index is -0.556. The van der Waals surface area contributed by atoms with Gasteiger partial charge in [-0.2, -0.15) is 0 Å². The molecule has 0 saturated carbocycles. The van der Waals surface area contributed by atoms with Crippen molar-refractivity contribution in [2.75, 3.05) is 0 Å². The smallest absolute Gasteiger partial charge is 0.334 e. The number of ether oxygens (including phenoxy) is 1. The van der Waals surface area contributed by atoms with E-state index in [1.54, 1.807) is 0 Å². The van der Waals surface area contributed by atoms with E-state index < -0.39 is 12.0 Å². The van der Waals surface area contributed by atoms with Crippen molar-refractivity contribution in [3.8, 4) is 0 Å². The van der Waals surface area contributed by atoms with E-state index in [1.165, 1.54) is 12.5 Å². The highest BCUT2D eigenvalue weighted by Crippen LogP contribution is 2.21. The van der Waals surface area contributed by atoms with Crippen LogP contribution >= 0.6 is 0 Å². The lowest BCUT2D eigenvalue weighted by Crippen LogP contribution is -2.36. The zero-order chi connectivity index (χ0) is 13.1. The van der Waals surface area contributed by atoms with Crippen molar-refractivity contribution in [2.24, 2.45) is 0 Å². The monoisotopic (exact) mass is 245 g/mol. The van der Waals surface area contributed by atoms with Gasteiger partial charge in [-0.15, -0.1) is 0 Å². The molecule has 1 amide bonds. The zero-order valence-corrected chi connectivity index (χ0v) is 10.4. The first-order valence-electron chi connectivity index (χ1n) is 5.80. The van der Waals surface area contributed by atoms with E-state index in [0.717, 1.165) is 5.56 Å². The lowest BCUT2D eigenvalue weighted by molar-refractivity contribution is -0.139. The van der Waals surface area contributed by atoms with Crippen LogP contribution in [0.15, 0.2) is 30.0 Å². The van der Waals surface area contributed by atoms with E-state index in [2.05, 4.69) is 5.32 Å². The number of carbonyl (C=O) groups is 2. The summed E-state index contributed by atoms with van der Waals surface area (Å²) in [5.74, 6) is -0.0419. The number of cyclic esters (lactones) is 1. The van der Waals surface area contributed by atoms with Crippen LogP contribution in [0.25, 0.3) is 6.08 Å². The summed E-state index contributed by atoms with van der Waals surface area (Å²) in [6.07, 6.45) is 2.23. The standard InChI is InChI=1S/C14H15NO3/c1-9-3-5-11(6-4-9)7-12-8-13(14(17)18-12)15-10(2)16/h3-7,13H,8H2,1-2H3,(H,15,16)/b12-7-. The minimum Gasteiger partial charge on any atom is -0.429 e. The van der Waals surface area contributed by atoms with Crippen molar-refractivity contribution in [1.82, 2.24) is 5.32 Å². The minimum absolute atomic E-state index is 0.228. The molecular weight excluding hydrogens is 230 g/mol. The Morgan fingerprint density at radius 1 is 1.39 bits per heavy atom. The Morgan fingerprint density at radius 3 is 2.67 bits per heavy atom. The number of hydrogen-bond donors (Lipinski definition) is 1. The van der Waals surface area contributed by atoms with Gasteiger partial charge in [0.2, 0.25) is 5.91 Å². The van der Waals surface area contributed by atoms with E-state index in [-0.39, 0.29) is 5.91 Å². The molecule has 1 N–H and O–H groups in total. The van der Waals surface area contributed by atoms with Crippen LogP contribution in [-0.4, -0.2) is 17.9 Å². The summed E-state index contributed by atoms with van der Waals surface area (Å²) in [7, 11) is 0. The summed E-state index contributed by atoms with van der Waals surface area (Å²) >= 11 is 0. The zero-order valence-electron chi connectivity index (χ0n) is 10.4. The van der Waals surface area contributed by atoms with Gasteiger partial charge in [0, 0.05) is 13.3 Å². The second-order valence-corrected chi connectivity index (χ2v) is 4.40. The molecule has 0 spiro atoms. The van der Waals surface area contributed by atoms with Gasteiger partial charge in [-0.05, 0) is 18.6 Å². The normalized spacial score (nSPS) is 20.9. The molecule has 18 heavy (non-hydrogen) atoms. The molecule has 1 unspecified atom stereocenters. The molecular formula is C14H15NO3. The second-order valence-electron chi connectivity index (χ2n) is 4.40. The van der Waals surface area contributed by atoms with E-state index in [1.807, 2.05) is 37.3 Å². The number of esters is 1. The van der Waals surface area contributed by atoms with Crippen molar-refractivity contribution in [1.29, 1.82) is 0 Å². The molecule has 0 aliphatic carbocycles. The molecule has 4 nitrogen and oxygen atoms in total. The fourth-order valence-corrected chi connectivity index (χ4v) is 1.82. The summed E-state index contributed by atoms with van der Waals surface area (Å²) < 4.78 is 5.12. The van der Waals surface area contributed by atoms with Gasteiger partial charge in [-0.25, -0.2) is 4.79 Å². The first-order chi connectivity index (χ1) is 8.54. The molecule has 0 aromatic heterocycles. The molecule has 4 heteroatoms. The largest absolute Gasteiger partial charge is 0.429 e.